The maximum atomic E-state index is 2.42. The Morgan fingerprint density at radius 1 is 0.400 bits per heavy atom. The monoisotopic (exact) mass is 672 g/mol. The van der Waals surface area contributed by atoms with E-state index in [1.165, 1.54) is 78.5 Å². The molecule has 0 spiro atoms. The Hall–Kier alpha value is -5.94. The van der Waals surface area contributed by atoms with Gasteiger partial charge in [0.2, 0.25) is 0 Å². The van der Waals surface area contributed by atoms with Crippen molar-refractivity contribution in [3.8, 4) is 11.1 Å². The average molecular weight is 673 g/mol. The number of benzene rings is 7. The van der Waals surface area contributed by atoms with Crippen LogP contribution in [0.25, 0.3) is 78.5 Å². The van der Waals surface area contributed by atoms with E-state index in [1.54, 1.807) is 0 Å². The highest BCUT2D eigenvalue weighted by Gasteiger charge is 2.18. The molecule has 0 aliphatic heterocycles. The molecule has 0 saturated heterocycles. The van der Waals surface area contributed by atoms with Crippen LogP contribution in [0.2, 0.25) is 0 Å². The van der Waals surface area contributed by atoms with Gasteiger partial charge in [0.05, 0.1) is 0 Å². The number of anilines is 3. The van der Waals surface area contributed by atoms with Gasteiger partial charge in [-0.1, -0.05) is 91.0 Å². The zero-order valence-corrected chi connectivity index (χ0v) is 28.5. The molecule has 0 unspecified atom stereocenters. The third-order valence-electron chi connectivity index (χ3n) is 10.2. The summed E-state index contributed by atoms with van der Waals surface area (Å²) in [4.78, 5) is 2.42. The fourth-order valence-electron chi connectivity index (χ4n) is 7.81. The number of hydrogen-bond donors (Lipinski definition) is 0. The molecule has 0 bridgehead atoms. The van der Waals surface area contributed by atoms with E-state index in [2.05, 4.69) is 179 Å². The van der Waals surface area contributed by atoms with Crippen molar-refractivity contribution in [1.29, 1.82) is 0 Å². The second kappa shape index (κ2) is 10.8. The minimum Gasteiger partial charge on any atom is -0.323 e. The molecule has 2 nitrogen and oxygen atoms in total. The van der Waals surface area contributed by atoms with Gasteiger partial charge in [-0.3, -0.25) is 0 Å². The molecule has 4 heteroatoms. The molecule has 0 aliphatic rings. The third kappa shape index (κ3) is 4.26. The first-order valence-corrected chi connectivity index (χ1v) is 18.5. The van der Waals surface area contributed by atoms with Crippen LogP contribution in [0.3, 0.4) is 0 Å². The highest BCUT2D eigenvalue weighted by Crippen LogP contribution is 2.45. The minimum absolute atomic E-state index is 1.13. The second-order valence-corrected chi connectivity index (χ2v) is 15.2. The van der Waals surface area contributed by atoms with Crippen LogP contribution in [0.1, 0.15) is 0 Å². The highest BCUT2D eigenvalue weighted by atomic mass is 32.1. The number of nitrogens with zero attached hydrogens (tertiary/aromatic N) is 2. The van der Waals surface area contributed by atoms with Crippen LogP contribution in [-0.4, -0.2) is 4.40 Å². The number of pyridine rings is 1. The van der Waals surface area contributed by atoms with Gasteiger partial charge in [0, 0.05) is 80.9 Å². The van der Waals surface area contributed by atoms with E-state index < -0.39 is 0 Å². The van der Waals surface area contributed by atoms with Gasteiger partial charge in [-0.2, -0.15) is 0 Å². The zero-order valence-electron chi connectivity index (χ0n) is 26.9. The average Bonchev–Trinajstić information content (AvgIpc) is 3.88. The van der Waals surface area contributed by atoms with Crippen LogP contribution in [0.4, 0.5) is 17.1 Å². The summed E-state index contributed by atoms with van der Waals surface area (Å²) < 4.78 is 7.43. The maximum Gasteiger partial charge on any atom is 0.0476 e. The Morgan fingerprint density at radius 2 is 0.960 bits per heavy atom. The summed E-state index contributed by atoms with van der Waals surface area (Å²) in [5.74, 6) is 0. The Balaban J connectivity index is 1.09. The molecule has 234 valence electrons. The Bertz CT molecular complexity index is 2920. The SMILES string of the molecule is c1ccc2c(c1)ccc1sc3cc(N(c4ccc(-c5cc6ccccn6c5)cc4)c4ccc5c(c4)sc4ccc6ccccc6c45)ccc3c12. The van der Waals surface area contributed by atoms with Crippen molar-refractivity contribution in [3.63, 3.8) is 0 Å². The molecular formula is C46H28N2S2. The molecule has 0 atom stereocenters. The molecule has 0 radical (unpaired) electrons. The lowest BCUT2D eigenvalue weighted by Gasteiger charge is -2.26. The van der Waals surface area contributed by atoms with E-state index in [-0.39, 0.29) is 0 Å². The molecule has 50 heavy (non-hydrogen) atoms. The fraction of sp³-hybridized carbons (Fsp3) is 0. The summed E-state index contributed by atoms with van der Waals surface area (Å²) in [6, 6.07) is 58.2. The van der Waals surface area contributed by atoms with Gasteiger partial charge in [-0.25, -0.2) is 0 Å². The molecule has 0 aliphatic carbocycles. The van der Waals surface area contributed by atoms with Crippen LogP contribution < -0.4 is 4.90 Å². The molecule has 11 aromatic rings. The lowest BCUT2D eigenvalue weighted by Crippen LogP contribution is -2.09. The van der Waals surface area contributed by atoms with Gasteiger partial charge < -0.3 is 9.30 Å². The largest absolute Gasteiger partial charge is 0.323 e. The number of rotatable bonds is 4. The van der Waals surface area contributed by atoms with Gasteiger partial charge in [-0.15, -0.1) is 22.7 Å². The van der Waals surface area contributed by atoms with Crippen molar-refractivity contribution in [2.75, 3.05) is 4.90 Å². The van der Waals surface area contributed by atoms with Gasteiger partial charge in [0.25, 0.3) is 0 Å². The number of fused-ring (bicyclic) bond motifs is 11. The van der Waals surface area contributed by atoms with Crippen LogP contribution in [0.5, 0.6) is 0 Å². The molecule has 0 amide bonds. The Kier molecular flexibility index (Phi) is 6.03. The topological polar surface area (TPSA) is 7.65 Å². The van der Waals surface area contributed by atoms with Crippen LogP contribution in [0, 0.1) is 0 Å². The first kappa shape index (κ1) is 28.0. The summed E-state index contributed by atoms with van der Waals surface area (Å²) >= 11 is 3.76. The lowest BCUT2D eigenvalue weighted by atomic mass is 10.0. The van der Waals surface area contributed by atoms with E-state index in [9.17, 15) is 0 Å². The van der Waals surface area contributed by atoms with Crippen LogP contribution in [-0.2, 0) is 0 Å². The van der Waals surface area contributed by atoms with E-state index >= 15 is 0 Å². The van der Waals surface area contributed by atoms with Gasteiger partial charge in [0.15, 0.2) is 0 Å². The number of aromatic nitrogens is 1. The Labute approximate surface area is 296 Å². The summed E-state index contributed by atoms with van der Waals surface area (Å²) in [7, 11) is 0. The van der Waals surface area contributed by atoms with Crippen molar-refractivity contribution in [3.05, 3.63) is 170 Å². The number of hydrogen-bond acceptors (Lipinski definition) is 3. The normalized spacial score (nSPS) is 12.0. The van der Waals surface area contributed by atoms with E-state index in [1.807, 2.05) is 22.7 Å². The minimum atomic E-state index is 1.13. The molecule has 7 aromatic carbocycles. The molecule has 0 fully saturated rings. The molecular weight excluding hydrogens is 645 g/mol. The summed E-state index contributed by atoms with van der Waals surface area (Å²) in [5, 5.41) is 10.5. The van der Waals surface area contributed by atoms with Crippen LogP contribution in [0.15, 0.2) is 170 Å². The van der Waals surface area contributed by atoms with Crippen LogP contribution >= 0.6 is 22.7 Å². The quantitative estimate of drug-likeness (QED) is 0.181. The summed E-state index contributed by atoms with van der Waals surface area (Å²) in [5.41, 5.74) is 7.06. The first-order chi connectivity index (χ1) is 24.7. The molecule has 4 aromatic heterocycles. The van der Waals surface area contributed by atoms with Crippen molar-refractivity contribution >= 4 is 107 Å². The highest BCUT2D eigenvalue weighted by molar-refractivity contribution is 7.26. The van der Waals surface area contributed by atoms with Gasteiger partial charge in [-0.05, 0) is 93.8 Å². The van der Waals surface area contributed by atoms with E-state index in [0.29, 0.717) is 0 Å². The predicted molar refractivity (Wildman–Crippen MR) is 218 cm³/mol. The standard InChI is InChI=1S/C46H28N2S2/c1-3-10-37-30(7-1)14-22-41-45(37)39-20-18-35(26-43(39)49-41)48(33-16-12-29(13-17-33)32-25-34-9-5-6-24-47(34)28-32)36-19-21-40-44(27-36)50-42-23-15-31-8-2-4-11-38(31)46(40)42/h1-28H. The second-order valence-electron chi connectivity index (χ2n) is 13.0. The van der Waals surface area contributed by atoms with Gasteiger partial charge >= 0.3 is 0 Å². The fourth-order valence-corrected chi connectivity index (χ4v) is 10.1. The number of thiophene rings is 2. The first-order valence-electron chi connectivity index (χ1n) is 16.9. The van der Waals surface area contributed by atoms with E-state index in [4.69, 9.17) is 0 Å². The summed E-state index contributed by atoms with van der Waals surface area (Å²) in [6.45, 7) is 0. The van der Waals surface area contributed by atoms with Crippen molar-refractivity contribution in [2.45, 2.75) is 0 Å². The van der Waals surface area contributed by atoms with Crippen molar-refractivity contribution in [1.82, 2.24) is 4.40 Å². The smallest absolute Gasteiger partial charge is 0.0476 e. The van der Waals surface area contributed by atoms with Crippen molar-refractivity contribution in [2.24, 2.45) is 0 Å². The zero-order chi connectivity index (χ0) is 32.8. The molecule has 0 N–H and O–H groups in total. The maximum absolute atomic E-state index is 2.42. The third-order valence-corrected chi connectivity index (χ3v) is 12.4. The van der Waals surface area contributed by atoms with Crippen molar-refractivity contribution < 1.29 is 0 Å². The molecule has 0 saturated carbocycles. The molecule has 4 heterocycles. The van der Waals surface area contributed by atoms with Gasteiger partial charge in [0.1, 0.15) is 0 Å². The summed E-state index contributed by atoms with van der Waals surface area (Å²) in [6.07, 6.45) is 4.31. The molecule has 11 rings (SSSR count). The lowest BCUT2D eigenvalue weighted by molar-refractivity contribution is 1.20. The predicted octanol–water partition coefficient (Wildman–Crippen LogP) is 14.1. The Morgan fingerprint density at radius 3 is 1.56 bits per heavy atom. The van der Waals surface area contributed by atoms with E-state index in [0.717, 1.165) is 17.1 Å².